The number of carbonyl (C=O) groups is 2. The van der Waals surface area contributed by atoms with E-state index in [1.807, 2.05) is 65.6 Å². The summed E-state index contributed by atoms with van der Waals surface area (Å²) in [5.41, 5.74) is 3.89. The normalized spacial score (nSPS) is 13.7. The van der Waals surface area contributed by atoms with E-state index in [-0.39, 0.29) is 18.4 Å². The third kappa shape index (κ3) is 4.69. The summed E-state index contributed by atoms with van der Waals surface area (Å²) in [6, 6.07) is 27.7. The lowest BCUT2D eigenvalue weighted by molar-refractivity contribution is -0.130. The molecule has 1 heterocycles. The molecule has 1 saturated heterocycles. The fraction of sp³-hybridized carbons (Fsp3) is 0.200. The van der Waals surface area contributed by atoms with Gasteiger partial charge in [0.2, 0.25) is 5.91 Å². The Hall–Kier alpha value is -3.60. The van der Waals surface area contributed by atoms with Crippen LogP contribution in [0.15, 0.2) is 84.9 Å². The Morgan fingerprint density at radius 2 is 1.27 bits per heavy atom. The fourth-order valence-electron chi connectivity index (χ4n) is 3.67. The average molecular weight is 399 g/mol. The first-order chi connectivity index (χ1) is 14.7. The largest absolute Gasteiger partial charge is 0.368 e. The molecule has 152 valence electrons. The number of hydrogen-bond donors (Lipinski definition) is 1. The van der Waals surface area contributed by atoms with Crippen molar-refractivity contribution in [3.63, 3.8) is 0 Å². The van der Waals surface area contributed by atoms with Crippen molar-refractivity contribution in [2.75, 3.05) is 37.6 Å². The number of hydrogen-bond acceptors (Lipinski definition) is 3. The monoisotopic (exact) mass is 399 g/mol. The van der Waals surface area contributed by atoms with E-state index in [9.17, 15) is 9.59 Å². The molecule has 0 spiro atoms. The summed E-state index contributed by atoms with van der Waals surface area (Å²) >= 11 is 0. The Morgan fingerprint density at radius 3 is 1.90 bits per heavy atom. The highest BCUT2D eigenvalue weighted by atomic mass is 16.2. The Balaban J connectivity index is 1.26. The van der Waals surface area contributed by atoms with Crippen LogP contribution < -0.4 is 10.2 Å². The van der Waals surface area contributed by atoms with Gasteiger partial charge in [-0.25, -0.2) is 0 Å². The maximum atomic E-state index is 12.5. The molecule has 3 aromatic carbocycles. The zero-order valence-electron chi connectivity index (χ0n) is 16.8. The number of carbonyl (C=O) groups excluding carboxylic acids is 2. The van der Waals surface area contributed by atoms with E-state index in [1.165, 1.54) is 5.69 Å². The summed E-state index contributed by atoms with van der Waals surface area (Å²) in [5.74, 6) is -0.275. The summed E-state index contributed by atoms with van der Waals surface area (Å²) in [4.78, 5) is 29.0. The van der Waals surface area contributed by atoms with E-state index in [1.54, 1.807) is 12.1 Å². The van der Waals surface area contributed by atoms with Gasteiger partial charge in [-0.05, 0) is 35.4 Å². The summed E-state index contributed by atoms with van der Waals surface area (Å²) in [5, 5.41) is 2.75. The smallest absolute Gasteiger partial charge is 0.251 e. The average Bonchev–Trinajstić information content (AvgIpc) is 2.83. The number of benzene rings is 3. The molecule has 1 N–H and O–H groups in total. The highest BCUT2D eigenvalue weighted by Crippen LogP contribution is 2.19. The van der Waals surface area contributed by atoms with Crippen molar-refractivity contribution in [3.05, 3.63) is 90.5 Å². The molecule has 0 atom stereocenters. The maximum Gasteiger partial charge on any atom is 0.251 e. The highest BCUT2D eigenvalue weighted by Gasteiger charge is 2.21. The second-order valence-corrected chi connectivity index (χ2v) is 7.33. The third-order valence-electron chi connectivity index (χ3n) is 5.41. The fourth-order valence-corrected chi connectivity index (χ4v) is 3.67. The van der Waals surface area contributed by atoms with Crippen molar-refractivity contribution in [2.45, 2.75) is 0 Å². The van der Waals surface area contributed by atoms with Crippen LogP contribution in [0.5, 0.6) is 0 Å². The van der Waals surface area contributed by atoms with Gasteiger partial charge in [0, 0.05) is 37.4 Å². The zero-order valence-corrected chi connectivity index (χ0v) is 16.8. The van der Waals surface area contributed by atoms with Crippen molar-refractivity contribution in [3.8, 4) is 11.1 Å². The van der Waals surface area contributed by atoms with Gasteiger partial charge in [-0.2, -0.15) is 0 Å². The number of nitrogens with zero attached hydrogens (tertiary/aromatic N) is 2. The molecule has 3 aromatic rings. The number of amides is 2. The first kappa shape index (κ1) is 19.7. The third-order valence-corrected chi connectivity index (χ3v) is 5.41. The second kappa shape index (κ2) is 9.27. The molecular formula is C25H25N3O2. The minimum absolute atomic E-state index is 0.0185. The molecule has 1 fully saturated rings. The molecule has 0 radical (unpaired) electrons. The van der Waals surface area contributed by atoms with E-state index < -0.39 is 0 Å². The highest BCUT2D eigenvalue weighted by molar-refractivity contribution is 5.96. The van der Waals surface area contributed by atoms with Crippen molar-refractivity contribution in [2.24, 2.45) is 0 Å². The number of rotatable bonds is 5. The van der Waals surface area contributed by atoms with Crippen molar-refractivity contribution in [1.29, 1.82) is 0 Å². The molecule has 1 aliphatic heterocycles. The van der Waals surface area contributed by atoms with E-state index in [0.717, 1.165) is 24.2 Å². The first-order valence-corrected chi connectivity index (χ1v) is 10.2. The van der Waals surface area contributed by atoms with E-state index in [4.69, 9.17) is 0 Å². The lowest BCUT2D eigenvalue weighted by Gasteiger charge is -2.36. The SMILES string of the molecule is O=C(NCC(=O)N1CCN(c2ccccc2)CC1)c1ccc(-c2ccccc2)cc1. The van der Waals surface area contributed by atoms with Gasteiger partial charge >= 0.3 is 0 Å². The first-order valence-electron chi connectivity index (χ1n) is 10.2. The van der Waals surface area contributed by atoms with Crippen LogP contribution in [-0.2, 0) is 4.79 Å². The predicted molar refractivity (Wildman–Crippen MR) is 119 cm³/mol. The Kier molecular flexibility index (Phi) is 6.09. The molecular weight excluding hydrogens is 374 g/mol. The van der Waals surface area contributed by atoms with E-state index in [0.29, 0.717) is 18.7 Å². The summed E-state index contributed by atoms with van der Waals surface area (Å²) in [7, 11) is 0. The van der Waals surface area contributed by atoms with Gasteiger partial charge in [0.05, 0.1) is 6.54 Å². The standard InChI is InChI=1S/C25H25N3O2/c29-24(28-17-15-27(16-18-28)23-9-5-2-6-10-23)19-26-25(30)22-13-11-21(12-14-22)20-7-3-1-4-8-20/h1-14H,15-19H2,(H,26,30). The number of anilines is 1. The molecule has 5 nitrogen and oxygen atoms in total. The quantitative estimate of drug-likeness (QED) is 0.715. The number of nitrogens with one attached hydrogen (secondary N) is 1. The Bertz CT molecular complexity index is 980. The maximum absolute atomic E-state index is 12.5. The van der Waals surface area contributed by atoms with Gasteiger partial charge in [-0.1, -0.05) is 60.7 Å². The van der Waals surface area contributed by atoms with Crippen LogP contribution in [0, 0.1) is 0 Å². The van der Waals surface area contributed by atoms with Crippen molar-refractivity contribution < 1.29 is 9.59 Å². The molecule has 5 heteroatoms. The summed E-state index contributed by atoms with van der Waals surface area (Å²) in [6.45, 7) is 2.94. The van der Waals surface area contributed by atoms with Crippen LogP contribution in [0.4, 0.5) is 5.69 Å². The van der Waals surface area contributed by atoms with Gasteiger partial charge in [0.15, 0.2) is 0 Å². The van der Waals surface area contributed by atoms with Gasteiger partial charge in [0.25, 0.3) is 5.91 Å². The lowest BCUT2D eigenvalue weighted by Crippen LogP contribution is -2.51. The molecule has 30 heavy (non-hydrogen) atoms. The zero-order chi connectivity index (χ0) is 20.8. The van der Waals surface area contributed by atoms with Crippen molar-refractivity contribution >= 4 is 17.5 Å². The molecule has 0 aromatic heterocycles. The van der Waals surface area contributed by atoms with Crippen LogP contribution in [0.1, 0.15) is 10.4 Å². The van der Waals surface area contributed by atoms with Crippen LogP contribution >= 0.6 is 0 Å². The molecule has 0 bridgehead atoms. The number of para-hydroxylation sites is 1. The van der Waals surface area contributed by atoms with E-state index in [2.05, 4.69) is 22.3 Å². The van der Waals surface area contributed by atoms with E-state index >= 15 is 0 Å². The minimum Gasteiger partial charge on any atom is -0.368 e. The molecule has 0 aliphatic carbocycles. The van der Waals surface area contributed by atoms with Gasteiger partial charge in [-0.15, -0.1) is 0 Å². The van der Waals surface area contributed by atoms with Crippen LogP contribution in [0.25, 0.3) is 11.1 Å². The van der Waals surface area contributed by atoms with Crippen molar-refractivity contribution in [1.82, 2.24) is 10.2 Å². The topological polar surface area (TPSA) is 52.7 Å². The molecule has 4 rings (SSSR count). The van der Waals surface area contributed by atoms with Crippen LogP contribution in [0.3, 0.4) is 0 Å². The van der Waals surface area contributed by atoms with Crippen LogP contribution in [-0.4, -0.2) is 49.4 Å². The summed E-state index contributed by atoms with van der Waals surface area (Å²) in [6.07, 6.45) is 0. The molecule has 0 unspecified atom stereocenters. The number of piperazine rings is 1. The van der Waals surface area contributed by atoms with Gasteiger partial charge in [0.1, 0.15) is 0 Å². The Labute approximate surface area is 176 Å². The van der Waals surface area contributed by atoms with Gasteiger partial charge in [-0.3, -0.25) is 9.59 Å². The second-order valence-electron chi connectivity index (χ2n) is 7.33. The van der Waals surface area contributed by atoms with Crippen LogP contribution in [0.2, 0.25) is 0 Å². The molecule has 2 amide bonds. The molecule has 1 aliphatic rings. The Morgan fingerprint density at radius 1 is 0.700 bits per heavy atom. The molecule has 0 saturated carbocycles. The minimum atomic E-state index is -0.231. The van der Waals surface area contributed by atoms with Gasteiger partial charge < -0.3 is 15.1 Å². The lowest BCUT2D eigenvalue weighted by atomic mass is 10.0. The predicted octanol–water partition coefficient (Wildman–Crippen LogP) is 3.43. The summed E-state index contributed by atoms with van der Waals surface area (Å²) < 4.78 is 0.